The highest BCUT2D eigenvalue weighted by Gasteiger charge is 2.24. The molecule has 0 spiro atoms. The average Bonchev–Trinajstić information content (AvgIpc) is 3.40. The Labute approximate surface area is 170 Å². The molecule has 7 heteroatoms. The van der Waals surface area contributed by atoms with Crippen molar-refractivity contribution < 1.29 is 18.5 Å². The number of fused-ring (bicyclic) bond motifs is 1. The number of quaternary nitrogens is 1. The Balaban J connectivity index is 1.38. The molecule has 152 valence electrons. The predicted molar refractivity (Wildman–Crippen MR) is 107 cm³/mol. The van der Waals surface area contributed by atoms with E-state index in [0.717, 1.165) is 37.1 Å². The van der Waals surface area contributed by atoms with Crippen LogP contribution in [0.15, 0.2) is 51.5 Å². The highest BCUT2D eigenvalue weighted by molar-refractivity contribution is 5.77. The van der Waals surface area contributed by atoms with Gasteiger partial charge in [0, 0.05) is 0 Å². The van der Waals surface area contributed by atoms with Gasteiger partial charge in [0.05, 0.1) is 18.8 Å². The lowest BCUT2D eigenvalue weighted by molar-refractivity contribution is -0.907. The van der Waals surface area contributed by atoms with Crippen molar-refractivity contribution in [3.8, 4) is 11.7 Å². The molecule has 1 amide bonds. The van der Waals surface area contributed by atoms with Crippen molar-refractivity contribution in [1.82, 2.24) is 15.5 Å². The van der Waals surface area contributed by atoms with Crippen LogP contribution in [0.1, 0.15) is 49.2 Å². The fourth-order valence-corrected chi connectivity index (χ4v) is 4.01. The molecule has 0 fully saturated rings. The van der Waals surface area contributed by atoms with Gasteiger partial charge in [0.15, 0.2) is 18.8 Å². The van der Waals surface area contributed by atoms with E-state index in [1.165, 1.54) is 11.1 Å². The fourth-order valence-electron chi connectivity index (χ4n) is 4.01. The topological polar surface area (TPSA) is 85.6 Å². The number of furan rings is 1. The Hall–Kier alpha value is -2.93. The van der Waals surface area contributed by atoms with Crippen LogP contribution in [0.5, 0.6) is 0 Å². The van der Waals surface area contributed by atoms with E-state index in [-0.39, 0.29) is 11.9 Å². The van der Waals surface area contributed by atoms with Crippen LogP contribution in [0.4, 0.5) is 0 Å². The van der Waals surface area contributed by atoms with Gasteiger partial charge in [0.25, 0.3) is 17.7 Å². The molecule has 0 saturated carbocycles. The summed E-state index contributed by atoms with van der Waals surface area (Å²) in [7, 11) is 0. The van der Waals surface area contributed by atoms with Gasteiger partial charge in [0.2, 0.25) is 0 Å². The third-order valence-corrected chi connectivity index (χ3v) is 5.32. The van der Waals surface area contributed by atoms with Crippen LogP contribution < -0.4 is 10.2 Å². The van der Waals surface area contributed by atoms with Crippen molar-refractivity contribution in [2.24, 2.45) is 0 Å². The van der Waals surface area contributed by atoms with Crippen LogP contribution in [0.25, 0.3) is 11.7 Å². The predicted octanol–water partition coefficient (Wildman–Crippen LogP) is 2.32. The van der Waals surface area contributed by atoms with Crippen LogP contribution in [-0.2, 0) is 17.8 Å². The second-order valence-corrected chi connectivity index (χ2v) is 7.54. The highest BCUT2D eigenvalue weighted by Crippen LogP contribution is 2.29. The number of nitrogens with zero attached hydrogens (tertiary/aromatic N) is 2. The van der Waals surface area contributed by atoms with E-state index in [1.54, 1.807) is 18.4 Å². The minimum Gasteiger partial charge on any atom is -0.459 e. The first-order valence-corrected chi connectivity index (χ1v) is 10.3. The molecule has 2 heterocycles. The highest BCUT2D eigenvalue weighted by atomic mass is 16.4. The van der Waals surface area contributed by atoms with Crippen LogP contribution in [-0.4, -0.2) is 29.2 Å². The number of hydrogen-bond acceptors (Lipinski definition) is 5. The number of amides is 1. The van der Waals surface area contributed by atoms with Gasteiger partial charge < -0.3 is 19.1 Å². The number of nitrogens with one attached hydrogen (secondary N) is 2. The summed E-state index contributed by atoms with van der Waals surface area (Å²) in [5.41, 5.74) is 2.60. The zero-order valence-corrected chi connectivity index (χ0v) is 16.7. The molecule has 0 saturated heterocycles. The van der Waals surface area contributed by atoms with E-state index < -0.39 is 0 Å². The van der Waals surface area contributed by atoms with Crippen molar-refractivity contribution in [1.29, 1.82) is 0 Å². The van der Waals surface area contributed by atoms with Gasteiger partial charge in [-0.05, 0) is 48.9 Å². The lowest BCUT2D eigenvalue weighted by Gasteiger charge is -2.27. The SMILES string of the molecule is CCC[NH+](CC(=O)N[C@H]1CCCc2ccccc21)Cc1nnc(-c2ccco2)o1. The first kappa shape index (κ1) is 19.4. The molecule has 1 aromatic carbocycles. The third kappa shape index (κ3) is 4.74. The molecule has 2 aromatic heterocycles. The number of aryl methyl sites for hydroxylation is 1. The second kappa shape index (κ2) is 9.05. The largest absolute Gasteiger partial charge is 0.459 e. The van der Waals surface area contributed by atoms with Crippen LogP contribution in [0.2, 0.25) is 0 Å². The maximum atomic E-state index is 12.8. The Morgan fingerprint density at radius 3 is 2.97 bits per heavy atom. The zero-order chi connectivity index (χ0) is 20.1. The molecule has 0 bridgehead atoms. The molecular formula is C22H27N4O3+. The first-order chi connectivity index (χ1) is 14.2. The summed E-state index contributed by atoms with van der Waals surface area (Å²) in [6.45, 7) is 3.85. The number of carbonyl (C=O) groups is 1. The smallest absolute Gasteiger partial charge is 0.283 e. The summed E-state index contributed by atoms with van der Waals surface area (Å²) >= 11 is 0. The van der Waals surface area contributed by atoms with Gasteiger partial charge >= 0.3 is 0 Å². The minimum atomic E-state index is 0.0564. The number of benzene rings is 1. The number of hydrogen-bond donors (Lipinski definition) is 2. The van der Waals surface area contributed by atoms with Gasteiger partial charge in [-0.15, -0.1) is 10.2 Å². The molecule has 1 aliphatic carbocycles. The maximum Gasteiger partial charge on any atom is 0.283 e. The van der Waals surface area contributed by atoms with Gasteiger partial charge in [-0.2, -0.15) is 0 Å². The molecule has 0 radical (unpaired) electrons. The molecule has 1 aliphatic rings. The molecule has 0 aliphatic heterocycles. The second-order valence-electron chi connectivity index (χ2n) is 7.54. The van der Waals surface area contributed by atoms with Gasteiger partial charge in [-0.1, -0.05) is 31.2 Å². The van der Waals surface area contributed by atoms with Crippen molar-refractivity contribution in [2.75, 3.05) is 13.1 Å². The fraction of sp³-hybridized carbons (Fsp3) is 0.409. The lowest BCUT2D eigenvalue weighted by Crippen LogP contribution is -3.12. The van der Waals surface area contributed by atoms with Crippen LogP contribution in [0, 0.1) is 0 Å². The quantitative estimate of drug-likeness (QED) is 0.611. The van der Waals surface area contributed by atoms with Crippen molar-refractivity contribution >= 4 is 5.91 Å². The van der Waals surface area contributed by atoms with E-state index in [4.69, 9.17) is 8.83 Å². The van der Waals surface area contributed by atoms with Gasteiger partial charge in [-0.3, -0.25) is 4.79 Å². The summed E-state index contributed by atoms with van der Waals surface area (Å²) in [5, 5.41) is 11.4. The Morgan fingerprint density at radius 2 is 2.14 bits per heavy atom. The summed E-state index contributed by atoms with van der Waals surface area (Å²) < 4.78 is 11.0. The number of aromatic nitrogens is 2. The van der Waals surface area contributed by atoms with Gasteiger partial charge in [0.1, 0.15) is 0 Å². The zero-order valence-electron chi connectivity index (χ0n) is 16.7. The summed E-state index contributed by atoms with van der Waals surface area (Å²) in [6.07, 6.45) is 5.72. The Morgan fingerprint density at radius 1 is 1.24 bits per heavy atom. The minimum absolute atomic E-state index is 0.0564. The van der Waals surface area contributed by atoms with Crippen molar-refractivity contribution in [3.05, 3.63) is 59.7 Å². The molecule has 1 unspecified atom stereocenters. The summed E-state index contributed by atoms with van der Waals surface area (Å²) in [5.74, 6) is 1.48. The van der Waals surface area contributed by atoms with Crippen LogP contribution >= 0.6 is 0 Å². The lowest BCUT2D eigenvalue weighted by atomic mass is 9.88. The van der Waals surface area contributed by atoms with E-state index >= 15 is 0 Å². The first-order valence-electron chi connectivity index (χ1n) is 10.3. The number of carbonyl (C=O) groups excluding carboxylic acids is 1. The van der Waals surface area contributed by atoms with Crippen molar-refractivity contribution in [3.63, 3.8) is 0 Å². The van der Waals surface area contributed by atoms with Gasteiger partial charge in [-0.25, -0.2) is 0 Å². The standard InChI is InChI=1S/C22H26N4O3/c1-2-12-26(15-21-24-25-22(29-21)19-11-6-13-28-19)14-20(27)23-18-10-5-8-16-7-3-4-9-17(16)18/h3-4,6-7,9,11,13,18H,2,5,8,10,12,14-15H2,1H3,(H,23,27)/p+1/t18-/m0/s1. The normalized spacial score (nSPS) is 16.9. The summed E-state index contributed by atoms with van der Waals surface area (Å²) in [6, 6.07) is 12.1. The molecule has 7 nitrogen and oxygen atoms in total. The molecule has 2 atom stereocenters. The van der Waals surface area contributed by atoms with E-state index in [0.29, 0.717) is 30.6 Å². The van der Waals surface area contributed by atoms with Crippen molar-refractivity contribution in [2.45, 2.75) is 45.2 Å². The molecule has 2 N–H and O–H groups in total. The Kier molecular flexibility index (Phi) is 6.05. The maximum absolute atomic E-state index is 12.8. The monoisotopic (exact) mass is 395 g/mol. The molecule has 3 aromatic rings. The average molecular weight is 395 g/mol. The molecule has 4 rings (SSSR count). The molecular weight excluding hydrogens is 368 g/mol. The van der Waals surface area contributed by atoms with E-state index in [2.05, 4.69) is 40.6 Å². The summed E-state index contributed by atoms with van der Waals surface area (Å²) in [4.78, 5) is 13.9. The third-order valence-electron chi connectivity index (χ3n) is 5.32. The van der Waals surface area contributed by atoms with Crippen LogP contribution in [0.3, 0.4) is 0 Å². The van der Waals surface area contributed by atoms with E-state index in [9.17, 15) is 4.79 Å². The Bertz CT molecular complexity index is 935. The van der Waals surface area contributed by atoms with E-state index in [1.807, 2.05) is 6.07 Å². The molecule has 29 heavy (non-hydrogen) atoms. The number of rotatable bonds is 8.